The van der Waals surface area contributed by atoms with E-state index < -0.39 is 17.7 Å². The van der Waals surface area contributed by atoms with Crippen molar-refractivity contribution in [2.45, 2.75) is 26.8 Å². The van der Waals surface area contributed by atoms with E-state index in [9.17, 15) is 14.7 Å². The van der Waals surface area contributed by atoms with Gasteiger partial charge in [-0.1, -0.05) is 41.2 Å². The molecule has 0 aliphatic carbocycles. The Hall–Kier alpha value is -3.52. The van der Waals surface area contributed by atoms with Crippen LogP contribution in [0.15, 0.2) is 54.1 Å². The molecule has 8 heteroatoms. The van der Waals surface area contributed by atoms with Gasteiger partial charge in [0.05, 0.1) is 18.2 Å². The van der Waals surface area contributed by atoms with E-state index in [2.05, 4.69) is 10.2 Å². The minimum absolute atomic E-state index is 0.0193. The number of ether oxygens (including phenoxy) is 1. The van der Waals surface area contributed by atoms with E-state index in [0.29, 0.717) is 33.6 Å². The Morgan fingerprint density at radius 2 is 1.74 bits per heavy atom. The molecule has 0 spiro atoms. The summed E-state index contributed by atoms with van der Waals surface area (Å²) in [5.41, 5.74) is 2.18. The van der Waals surface area contributed by atoms with Gasteiger partial charge in [0.25, 0.3) is 5.78 Å². The lowest BCUT2D eigenvalue weighted by Crippen LogP contribution is -2.29. The molecule has 2 aromatic carbocycles. The first-order valence-electron chi connectivity index (χ1n) is 9.81. The highest BCUT2D eigenvalue weighted by molar-refractivity contribution is 7.15. The number of benzene rings is 2. The molecule has 1 saturated heterocycles. The van der Waals surface area contributed by atoms with Gasteiger partial charge >= 0.3 is 5.91 Å². The van der Waals surface area contributed by atoms with E-state index in [1.165, 1.54) is 16.2 Å². The number of nitrogens with zero attached hydrogens (tertiary/aromatic N) is 3. The van der Waals surface area contributed by atoms with Crippen LogP contribution in [0.25, 0.3) is 5.76 Å². The first-order valence-corrected chi connectivity index (χ1v) is 10.6. The van der Waals surface area contributed by atoms with Crippen LogP contribution < -0.4 is 9.64 Å². The van der Waals surface area contributed by atoms with Crippen LogP contribution in [0.4, 0.5) is 5.13 Å². The number of hydrogen-bond acceptors (Lipinski definition) is 7. The smallest absolute Gasteiger partial charge is 0.301 e. The average Bonchev–Trinajstić information content (AvgIpc) is 3.30. The zero-order chi connectivity index (χ0) is 22.1. The van der Waals surface area contributed by atoms with Gasteiger partial charge < -0.3 is 9.84 Å². The molecule has 31 heavy (non-hydrogen) atoms. The van der Waals surface area contributed by atoms with Crippen molar-refractivity contribution in [2.75, 3.05) is 11.5 Å². The fourth-order valence-corrected chi connectivity index (χ4v) is 4.22. The second-order valence-electron chi connectivity index (χ2n) is 7.14. The normalized spacial score (nSPS) is 17.9. The van der Waals surface area contributed by atoms with Gasteiger partial charge in [0.2, 0.25) is 5.13 Å². The second-order valence-corrected chi connectivity index (χ2v) is 8.30. The standard InChI is InChI=1S/C23H21N3O4S/c1-4-30-17-11-9-16(10-12-17)20(27)18-19(15-7-5-13(2)6-8-15)26(22(29)21(18)28)23-25-24-14(3)31-23/h5-12,19,27H,4H2,1-3H3/b20-18+. The molecule has 0 bridgehead atoms. The number of aromatic nitrogens is 2. The predicted molar refractivity (Wildman–Crippen MR) is 118 cm³/mol. The number of aryl methyl sites for hydroxylation is 2. The van der Waals surface area contributed by atoms with E-state index >= 15 is 0 Å². The van der Waals surface area contributed by atoms with Crippen LogP contribution >= 0.6 is 11.3 Å². The summed E-state index contributed by atoms with van der Waals surface area (Å²) in [6, 6.07) is 13.4. The molecule has 1 atom stereocenters. The summed E-state index contributed by atoms with van der Waals surface area (Å²) in [4.78, 5) is 27.4. The molecular formula is C23H21N3O4S. The van der Waals surface area contributed by atoms with Crippen LogP contribution in [-0.2, 0) is 9.59 Å². The van der Waals surface area contributed by atoms with Crippen molar-refractivity contribution in [1.82, 2.24) is 10.2 Å². The minimum Gasteiger partial charge on any atom is -0.507 e. The summed E-state index contributed by atoms with van der Waals surface area (Å²) >= 11 is 1.22. The SMILES string of the molecule is CCOc1ccc(/C(O)=C2\C(=O)C(=O)N(c3nnc(C)s3)C2c2ccc(C)cc2)cc1. The molecule has 0 saturated carbocycles. The maximum absolute atomic E-state index is 13.1. The fourth-order valence-electron chi connectivity index (χ4n) is 3.51. The Morgan fingerprint density at radius 1 is 1.06 bits per heavy atom. The highest BCUT2D eigenvalue weighted by Crippen LogP contribution is 2.43. The Kier molecular flexibility index (Phi) is 5.56. The molecule has 1 aromatic heterocycles. The molecule has 0 radical (unpaired) electrons. The van der Waals surface area contributed by atoms with Gasteiger partial charge in [0.1, 0.15) is 16.5 Å². The number of anilines is 1. The van der Waals surface area contributed by atoms with Crippen molar-refractivity contribution in [3.8, 4) is 5.75 Å². The van der Waals surface area contributed by atoms with Crippen LogP contribution in [-0.4, -0.2) is 33.6 Å². The van der Waals surface area contributed by atoms with Crippen LogP contribution in [0, 0.1) is 13.8 Å². The van der Waals surface area contributed by atoms with Gasteiger partial charge in [-0.15, -0.1) is 10.2 Å². The summed E-state index contributed by atoms with van der Waals surface area (Å²) in [6.45, 7) is 6.13. The van der Waals surface area contributed by atoms with Crippen molar-refractivity contribution in [3.63, 3.8) is 0 Å². The van der Waals surface area contributed by atoms with Crippen LogP contribution in [0.2, 0.25) is 0 Å². The molecule has 1 aliphatic rings. The molecule has 7 nitrogen and oxygen atoms in total. The number of Topliss-reactive ketones (excluding diaryl/α,β-unsaturated/α-hetero) is 1. The first-order chi connectivity index (χ1) is 14.9. The zero-order valence-electron chi connectivity index (χ0n) is 17.3. The van der Waals surface area contributed by atoms with Gasteiger partial charge in [-0.3, -0.25) is 14.5 Å². The number of rotatable bonds is 5. The number of aliphatic hydroxyl groups excluding tert-OH is 1. The molecule has 1 amide bonds. The van der Waals surface area contributed by atoms with Crippen molar-refractivity contribution < 1.29 is 19.4 Å². The van der Waals surface area contributed by atoms with E-state index in [1.807, 2.05) is 38.1 Å². The molecule has 158 valence electrons. The van der Waals surface area contributed by atoms with Gasteiger partial charge in [0.15, 0.2) is 0 Å². The van der Waals surface area contributed by atoms with Gasteiger partial charge in [-0.05, 0) is 50.6 Å². The summed E-state index contributed by atoms with van der Waals surface area (Å²) in [5, 5.41) is 20.1. The number of carbonyl (C=O) groups excluding carboxylic acids is 2. The maximum atomic E-state index is 13.1. The van der Waals surface area contributed by atoms with Crippen molar-refractivity contribution in [3.05, 3.63) is 75.8 Å². The summed E-state index contributed by atoms with van der Waals surface area (Å²) in [6.07, 6.45) is 0. The Balaban J connectivity index is 1.87. The Bertz CT molecular complexity index is 1170. The summed E-state index contributed by atoms with van der Waals surface area (Å²) < 4.78 is 5.44. The van der Waals surface area contributed by atoms with Crippen LogP contribution in [0.3, 0.4) is 0 Å². The number of ketones is 1. The lowest BCUT2D eigenvalue weighted by Gasteiger charge is -2.22. The third-order valence-electron chi connectivity index (χ3n) is 5.00. The zero-order valence-corrected chi connectivity index (χ0v) is 18.1. The Morgan fingerprint density at radius 3 is 2.32 bits per heavy atom. The maximum Gasteiger partial charge on any atom is 0.301 e. The van der Waals surface area contributed by atoms with E-state index in [-0.39, 0.29) is 11.3 Å². The molecule has 2 heterocycles. The van der Waals surface area contributed by atoms with Gasteiger partial charge in [-0.2, -0.15) is 0 Å². The minimum atomic E-state index is -0.806. The van der Waals surface area contributed by atoms with E-state index in [4.69, 9.17) is 4.74 Å². The van der Waals surface area contributed by atoms with Crippen molar-refractivity contribution in [2.24, 2.45) is 0 Å². The lowest BCUT2D eigenvalue weighted by atomic mass is 9.95. The number of aliphatic hydroxyl groups is 1. The second kappa shape index (κ2) is 8.31. The largest absolute Gasteiger partial charge is 0.507 e. The molecule has 1 unspecified atom stereocenters. The van der Waals surface area contributed by atoms with E-state index in [0.717, 1.165) is 5.56 Å². The number of hydrogen-bond donors (Lipinski definition) is 1. The first kappa shape index (κ1) is 20.7. The topological polar surface area (TPSA) is 92.6 Å². The average molecular weight is 436 g/mol. The third kappa shape index (κ3) is 3.82. The monoisotopic (exact) mass is 435 g/mol. The molecule has 1 aliphatic heterocycles. The molecule has 3 aromatic rings. The highest BCUT2D eigenvalue weighted by atomic mass is 32.1. The Labute approximate surface area is 183 Å². The fraction of sp³-hybridized carbons (Fsp3) is 0.217. The lowest BCUT2D eigenvalue weighted by molar-refractivity contribution is -0.132. The van der Waals surface area contributed by atoms with Gasteiger partial charge in [0, 0.05) is 5.56 Å². The quantitative estimate of drug-likeness (QED) is 0.367. The summed E-state index contributed by atoms with van der Waals surface area (Å²) in [5.74, 6) is -1.09. The van der Waals surface area contributed by atoms with Gasteiger partial charge in [-0.25, -0.2) is 0 Å². The number of amides is 1. The number of carbonyl (C=O) groups is 2. The molecule has 4 rings (SSSR count). The predicted octanol–water partition coefficient (Wildman–Crippen LogP) is 4.18. The van der Waals surface area contributed by atoms with Crippen molar-refractivity contribution in [1.29, 1.82) is 0 Å². The van der Waals surface area contributed by atoms with Crippen LogP contribution in [0.5, 0.6) is 5.75 Å². The summed E-state index contributed by atoms with van der Waals surface area (Å²) in [7, 11) is 0. The third-order valence-corrected chi connectivity index (χ3v) is 5.84. The van der Waals surface area contributed by atoms with E-state index in [1.54, 1.807) is 31.2 Å². The van der Waals surface area contributed by atoms with Crippen molar-refractivity contribution >= 4 is 33.9 Å². The molecule has 1 fully saturated rings. The highest BCUT2D eigenvalue weighted by Gasteiger charge is 2.48. The van der Waals surface area contributed by atoms with Crippen LogP contribution in [0.1, 0.15) is 34.7 Å². The molecule has 1 N–H and O–H groups in total. The molecular weight excluding hydrogens is 414 g/mol.